The molecule has 1 atom stereocenters. The lowest BCUT2D eigenvalue weighted by molar-refractivity contribution is 0.170. The summed E-state index contributed by atoms with van der Waals surface area (Å²) in [5, 5.41) is 3.09. The second-order valence-electron chi connectivity index (χ2n) is 6.06. The number of nitrogens with zero attached hydrogens (tertiary/aromatic N) is 2. The van der Waals surface area contributed by atoms with Gasteiger partial charge in [0.25, 0.3) is 0 Å². The molecule has 0 radical (unpaired) electrons. The Morgan fingerprint density at radius 3 is 2.73 bits per heavy atom. The number of rotatable bonds is 6. The van der Waals surface area contributed by atoms with E-state index in [2.05, 4.69) is 43.1 Å². The monoisotopic (exact) mass is 303 g/mol. The van der Waals surface area contributed by atoms with Crippen LogP contribution in [-0.4, -0.2) is 48.1 Å². The first-order chi connectivity index (χ1) is 10.7. The Morgan fingerprint density at radius 2 is 2.05 bits per heavy atom. The van der Waals surface area contributed by atoms with Gasteiger partial charge in [0.15, 0.2) is 0 Å². The molecule has 122 valence electrons. The van der Waals surface area contributed by atoms with Gasteiger partial charge in [-0.1, -0.05) is 38.1 Å². The fraction of sp³-hybridized carbons (Fsp3) is 0.611. The van der Waals surface area contributed by atoms with Gasteiger partial charge in [0.2, 0.25) is 0 Å². The smallest absolute Gasteiger partial charge is 0.317 e. The lowest BCUT2D eigenvalue weighted by Gasteiger charge is -2.29. The number of benzene rings is 1. The van der Waals surface area contributed by atoms with Crippen molar-refractivity contribution in [2.75, 3.05) is 26.2 Å². The summed E-state index contributed by atoms with van der Waals surface area (Å²) < 4.78 is 0. The van der Waals surface area contributed by atoms with Crippen LogP contribution in [0, 0.1) is 6.92 Å². The van der Waals surface area contributed by atoms with E-state index in [9.17, 15) is 4.79 Å². The summed E-state index contributed by atoms with van der Waals surface area (Å²) in [5.74, 6) is 0. The number of hydrogen-bond donors (Lipinski definition) is 1. The lowest BCUT2D eigenvalue weighted by atomic mass is 10.1. The van der Waals surface area contributed by atoms with Crippen molar-refractivity contribution in [1.82, 2.24) is 15.1 Å². The van der Waals surface area contributed by atoms with Gasteiger partial charge in [-0.2, -0.15) is 0 Å². The topological polar surface area (TPSA) is 35.6 Å². The van der Waals surface area contributed by atoms with Crippen LogP contribution in [0.3, 0.4) is 0 Å². The van der Waals surface area contributed by atoms with Gasteiger partial charge in [0.05, 0.1) is 0 Å². The Balaban J connectivity index is 1.89. The third-order valence-corrected chi connectivity index (χ3v) is 4.69. The third-order valence-electron chi connectivity index (χ3n) is 4.69. The van der Waals surface area contributed by atoms with Crippen molar-refractivity contribution in [1.29, 1.82) is 0 Å². The number of carbonyl (C=O) groups is 1. The Morgan fingerprint density at radius 1 is 1.32 bits per heavy atom. The van der Waals surface area contributed by atoms with E-state index in [1.54, 1.807) is 0 Å². The van der Waals surface area contributed by atoms with Crippen molar-refractivity contribution >= 4 is 6.03 Å². The minimum atomic E-state index is 0.0814. The Kier molecular flexibility index (Phi) is 6.25. The predicted octanol–water partition coefficient (Wildman–Crippen LogP) is 3.01. The van der Waals surface area contributed by atoms with Crippen LogP contribution in [0.25, 0.3) is 0 Å². The molecule has 0 bridgehead atoms. The number of likely N-dealkylation sites (N-methyl/N-ethyl adjacent to an activating group) is 1. The van der Waals surface area contributed by atoms with Crippen LogP contribution in [0.15, 0.2) is 24.3 Å². The van der Waals surface area contributed by atoms with Crippen LogP contribution in [0.2, 0.25) is 0 Å². The van der Waals surface area contributed by atoms with E-state index in [0.29, 0.717) is 12.6 Å². The van der Waals surface area contributed by atoms with Gasteiger partial charge in [0.1, 0.15) is 0 Å². The van der Waals surface area contributed by atoms with E-state index in [4.69, 9.17) is 0 Å². The molecule has 1 saturated heterocycles. The normalized spacial score (nSPS) is 18.0. The van der Waals surface area contributed by atoms with Gasteiger partial charge in [-0.15, -0.1) is 0 Å². The summed E-state index contributed by atoms with van der Waals surface area (Å²) >= 11 is 0. The highest BCUT2D eigenvalue weighted by atomic mass is 16.2. The molecule has 1 N–H and O–H groups in total. The van der Waals surface area contributed by atoms with Crippen molar-refractivity contribution in [3.63, 3.8) is 0 Å². The molecule has 1 aromatic carbocycles. The minimum Gasteiger partial charge on any atom is -0.334 e. The van der Waals surface area contributed by atoms with Crippen molar-refractivity contribution in [2.45, 2.75) is 46.2 Å². The molecule has 22 heavy (non-hydrogen) atoms. The lowest BCUT2D eigenvalue weighted by Crippen LogP contribution is -2.47. The molecule has 0 aliphatic carbocycles. The molecule has 2 amide bonds. The van der Waals surface area contributed by atoms with Crippen LogP contribution in [0.5, 0.6) is 0 Å². The number of likely N-dealkylation sites (tertiary alicyclic amines) is 1. The van der Waals surface area contributed by atoms with E-state index in [1.165, 1.54) is 11.1 Å². The van der Waals surface area contributed by atoms with E-state index in [1.807, 2.05) is 17.0 Å². The first-order valence-corrected chi connectivity index (χ1v) is 8.47. The summed E-state index contributed by atoms with van der Waals surface area (Å²) in [6, 6.07) is 8.65. The molecular formula is C18H29N3O. The van der Waals surface area contributed by atoms with Crippen LogP contribution >= 0.6 is 0 Å². The maximum atomic E-state index is 12.5. The predicted molar refractivity (Wildman–Crippen MR) is 90.9 cm³/mol. The molecule has 1 aliphatic heterocycles. The largest absolute Gasteiger partial charge is 0.334 e. The molecule has 1 heterocycles. The first kappa shape index (κ1) is 16.8. The van der Waals surface area contributed by atoms with Gasteiger partial charge in [-0.05, 0) is 44.0 Å². The van der Waals surface area contributed by atoms with Crippen LogP contribution in [0.1, 0.15) is 37.8 Å². The number of aryl methyl sites for hydroxylation is 1. The highest BCUT2D eigenvalue weighted by Crippen LogP contribution is 2.18. The Hall–Kier alpha value is -1.55. The average molecular weight is 303 g/mol. The van der Waals surface area contributed by atoms with Crippen LogP contribution in [0.4, 0.5) is 4.79 Å². The zero-order chi connectivity index (χ0) is 15.9. The van der Waals surface area contributed by atoms with E-state index in [0.717, 1.165) is 39.0 Å². The van der Waals surface area contributed by atoms with Gasteiger partial charge >= 0.3 is 6.03 Å². The van der Waals surface area contributed by atoms with Crippen molar-refractivity contribution in [2.24, 2.45) is 0 Å². The molecule has 0 spiro atoms. The SMILES string of the molecule is CCN(CC)C[C@H]1CCCN1C(=O)NCc1ccccc1C. The number of nitrogens with one attached hydrogen (secondary N) is 1. The Bertz CT molecular complexity index is 485. The highest BCUT2D eigenvalue weighted by molar-refractivity contribution is 5.75. The number of amides is 2. The van der Waals surface area contributed by atoms with Gasteiger partial charge in [-0.3, -0.25) is 0 Å². The number of hydrogen-bond acceptors (Lipinski definition) is 2. The number of carbonyl (C=O) groups excluding carboxylic acids is 1. The van der Waals surface area contributed by atoms with E-state index >= 15 is 0 Å². The van der Waals surface area contributed by atoms with Gasteiger partial charge in [0, 0.05) is 25.7 Å². The zero-order valence-electron chi connectivity index (χ0n) is 14.1. The van der Waals surface area contributed by atoms with Gasteiger partial charge in [-0.25, -0.2) is 4.79 Å². The van der Waals surface area contributed by atoms with E-state index < -0.39 is 0 Å². The maximum absolute atomic E-state index is 12.5. The number of urea groups is 1. The molecule has 0 unspecified atom stereocenters. The summed E-state index contributed by atoms with van der Waals surface area (Å²) in [6.45, 7) is 11.0. The molecule has 1 fully saturated rings. The zero-order valence-corrected chi connectivity index (χ0v) is 14.1. The van der Waals surface area contributed by atoms with Crippen molar-refractivity contribution in [3.8, 4) is 0 Å². The van der Waals surface area contributed by atoms with E-state index in [-0.39, 0.29) is 6.03 Å². The summed E-state index contributed by atoms with van der Waals surface area (Å²) in [5.41, 5.74) is 2.42. The highest BCUT2D eigenvalue weighted by Gasteiger charge is 2.29. The average Bonchev–Trinajstić information content (AvgIpc) is 2.99. The molecule has 0 saturated carbocycles. The standard InChI is InChI=1S/C18H29N3O/c1-4-20(5-2)14-17-11-8-12-21(17)18(22)19-13-16-10-7-6-9-15(16)3/h6-7,9-10,17H,4-5,8,11-14H2,1-3H3,(H,19,22)/t17-/m1/s1. The van der Waals surface area contributed by atoms with Crippen LogP contribution < -0.4 is 5.32 Å². The maximum Gasteiger partial charge on any atom is 0.317 e. The van der Waals surface area contributed by atoms with Crippen molar-refractivity contribution in [3.05, 3.63) is 35.4 Å². The summed E-state index contributed by atoms with van der Waals surface area (Å²) in [6.07, 6.45) is 2.23. The summed E-state index contributed by atoms with van der Waals surface area (Å²) in [7, 11) is 0. The second kappa shape index (κ2) is 8.18. The molecule has 0 aromatic heterocycles. The first-order valence-electron chi connectivity index (χ1n) is 8.47. The summed E-state index contributed by atoms with van der Waals surface area (Å²) in [4.78, 5) is 16.9. The van der Waals surface area contributed by atoms with Crippen molar-refractivity contribution < 1.29 is 4.79 Å². The second-order valence-corrected chi connectivity index (χ2v) is 6.06. The fourth-order valence-corrected chi connectivity index (χ4v) is 3.15. The minimum absolute atomic E-state index is 0.0814. The molecule has 1 aromatic rings. The molecule has 1 aliphatic rings. The molecule has 4 nitrogen and oxygen atoms in total. The molecule has 2 rings (SSSR count). The quantitative estimate of drug-likeness (QED) is 0.877. The third kappa shape index (κ3) is 4.23. The Labute approximate surface area is 134 Å². The molecular weight excluding hydrogens is 274 g/mol. The fourth-order valence-electron chi connectivity index (χ4n) is 3.15. The molecule has 4 heteroatoms. The van der Waals surface area contributed by atoms with Gasteiger partial charge < -0.3 is 15.1 Å². The van der Waals surface area contributed by atoms with Crippen LogP contribution in [-0.2, 0) is 6.54 Å².